The van der Waals surface area contributed by atoms with E-state index in [4.69, 9.17) is 0 Å². The molecule has 0 amide bonds. The van der Waals surface area contributed by atoms with Crippen molar-refractivity contribution in [3.05, 3.63) is 35.4 Å². The monoisotopic (exact) mass is 298 g/mol. The summed E-state index contributed by atoms with van der Waals surface area (Å²) < 4.78 is 27.4. The summed E-state index contributed by atoms with van der Waals surface area (Å²) in [7, 11) is 2.08. The van der Waals surface area contributed by atoms with Gasteiger partial charge in [0, 0.05) is 23.7 Å². The van der Waals surface area contributed by atoms with Crippen LogP contribution < -0.4 is 5.32 Å². The van der Waals surface area contributed by atoms with Crippen LogP contribution in [0.15, 0.2) is 18.2 Å². The van der Waals surface area contributed by atoms with Crippen LogP contribution in [-0.2, 0) is 0 Å². The molecule has 0 bridgehead atoms. The van der Waals surface area contributed by atoms with Crippen LogP contribution in [0.1, 0.15) is 52.1 Å². The summed E-state index contributed by atoms with van der Waals surface area (Å²) in [5.74, 6) is -1.52. The van der Waals surface area contributed by atoms with E-state index in [1.54, 1.807) is 12.1 Å². The molecule has 0 aliphatic carbocycles. The van der Waals surface area contributed by atoms with E-state index in [9.17, 15) is 8.78 Å². The molecule has 2 nitrogen and oxygen atoms in total. The zero-order chi connectivity index (χ0) is 16.0. The smallest absolute Gasteiger partial charge is 0.163 e. The lowest BCUT2D eigenvalue weighted by Crippen LogP contribution is -2.42. The Morgan fingerprint density at radius 3 is 2.48 bits per heavy atom. The fraction of sp³-hybridized carbons (Fsp3) is 0.647. The molecule has 4 heteroatoms. The molecular weight excluding hydrogens is 270 g/mol. The molecule has 0 heterocycles. The third-order valence-corrected chi connectivity index (χ3v) is 4.46. The van der Waals surface area contributed by atoms with Crippen LogP contribution in [0.25, 0.3) is 0 Å². The summed E-state index contributed by atoms with van der Waals surface area (Å²) in [6, 6.07) is 4.23. The highest BCUT2D eigenvalue weighted by Gasteiger charge is 2.23. The molecule has 1 unspecified atom stereocenters. The Bertz CT molecular complexity index is 446. The SMILES string of the molecule is CCNC(CCN(C)C(C)(C)CC)c1cccc(F)c1F. The Kier molecular flexibility index (Phi) is 6.75. The molecule has 0 aliphatic heterocycles. The summed E-state index contributed by atoms with van der Waals surface area (Å²) in [6.07, 6.45) is 1.79. The fourth-order valence-corrected chi connectivity index (χ4v) is 2.30. The summed E-state index contributed by atoms with van der Waals surface area (Å²) >= 11 is 0. The van der Waals surface area contributed by atoms with E-state index in [0.717, 1.165) is 32.0 Å². The van der Waals surface area contributed by atoms with Crippen molar-refractivity contribution in [3.8, 4) is 0 Å². The normalized spacial score (nSPS) is 13.7. The maximum absolute atomic E-state index is 14.0. The van der Waals surface area contributed by atoms with E-state index in [1.807, 2.05) is 6.92 Å². The van der Waals surface area contributed by atoms with Gasteiger partial charge in [-0.05, 0) is 46.3 Å². The van der Waals surface area contributed by atoms with Gasteiger partial charge in [-0.1, -0.05) is 26.0 Å². The van der Waals surface area contributed by atoms with Crippen molar-refractivity contribution in [2.45, 2.75) is 52.1 Å². The molecule has 0 aliphatic rings. The molecule has 1 aromatic rings. The van der Waals surface area contributed by atoms with Gasteiger partial charge in [-0.2, -0.15) is 0 Å². The molecule has 1 atom stereocenters. The van der Waals surface area contributed by atoms with Crippen molar-refractivity contribution in [1.29, 1.82) is 0 Å². The number of rotatable bonds is 8. The van der Waals surface area contributed by atoms with Crippen LogP contribution in [-0.4, -0.2) is 30.6 Å². The first-order chi connectivity index (χ1) is 9.83. The first kappa shape index (κ1) is 18.1. The van der Waals surface area contributed by atoms with Gasteiger partial charge in [0.25, 0.3) is 0 Å². The highest BCUT2D eigenvalue weighted by molar-refractivity contribution is 5.22. The zero-order valence-corrected chi connectivity index (χ0v) is 13.8. The largest absolute Gasteiger partial charge is 0.310 e. The van der Waals surface area contributed by atoms with Crippen LogP contribution >= 0.6 is 0 Å². The van der Waals surface area contributed by atoms with Crippen LogP contribution in [0, 0.1) is 11.6 Å². The van der Waals surface area contributed by atoms with Crippen molar-refractivity contribution in [2.24, 2.45) is 0 Å². The second kappa shape index (κ2) is 7.85. The van der Waals surface area contributed by atoms with Gasteiger partial charge in [0.05, 0.1) is 0 Å². The number of hydrogen-bond donors (Lipinski definition) is 1. The zero-order valence-electron chi connectivity index (χ0n) is 13.8. The topological polar surface area (TPSA) is 15.3 Å². The standard InChI is InChI=1S/C17H28F2N2/c1-6-17(3,4)21(5)12-11-15(20-7-2)13-9-8-10-14(18)16(13)19/h8-10,15,20H,6-7,11-12H2,1-5H3. The minimum atomic E-state index is -0.780. The van der Waals surface area contributed by atoms with E-state index in [-0.39, 0.29) is 11.6 Å². The Balaban J connectivity index is 2.81. The van der Waals surface area contributed by atoms with Crippen LogP contribution in [0.3, 0.4) is 0 Å². The van der Waals surface area contributed by atoms with Crippen LogP contribution in [0.5, 0.6) is 0 Å². The van der Waals surface area contributed by atoms with Crippen molar-refractivity contribution < 1.29 is 8.78 Å². The van der Waals surface area contributed by atoms with Gasteiger partial charge in [-0.25, -0.2) is 8.78 Å². The summed E-state index contributed by atoms with van der Waals surface area (Å²) in [6.45, 7) is 10.1. The molecule has 0 radical (unpaired) electrons. The Hall–Kier alpha value is -1.00. The van der Waals surface area contributed by atoms with Crippen LogP contribution in [0.4, 0.5) is 8.78 Å². The van der Waals surface area contributed by atoms with Gasteiger partial charge < -0.3 is 10.2 Å². The molecule has 21 heavy (non-hydrogen) atoms. The van der Waals surface area contributed by atoms with Gasteiger partial charge in [0.1, 0.15) is 0 Å². The van der Waals surface area contributed by atoms with Gasteiger partial charge >= 0.3 is 0 Å². The Labute approximate surface area is 127 Å². The maximum atomic E-state index is 14.0. The predicted molar refractivity (Wildman–Crippen MR) is 84.4 cm³/mol. The van der Waals surface area contributed by atoms with Crippen molar-refractivity contribution in [1.82, 2.24) is 10.2 Å². The lowest BCUT2D eigenvalue weighted by molar-refractivity contribution is 0.144. The Morgan fingerprint density at radius 2 is 1.90 bits per heavy atom. The summed E-state index contributed by atoms with van der Waals surface area (Å²) in [4.78, 5) is 2.27. The van der Waals surface area contributed by atoms with E-state index >= 15 is 0 Å². The summed E-state index contributed by atoms with van der Waals surface area (Å²) in [5.41, 5.74) is 0.525. The van der Waals surface area contributed by atoms with Crippen molar-refractivity contribution >= 4 is 0 Å². The third-order valence-electron chi connectivity index (χ3n) is 4.46. The van der Waals surface area contributed by atoms with Gasteiger partial charge in [-0.15, -0.1) is 0 Å². The van der Waals surface area contributed by atoms with Crippen molar-refractivity contribution in [2.75, 3.05) is 20.1 Å². The first-order valence-corrected chi connectivity index (χ1v) is 7.72. The fourth-order valence-electron chi connectivity index (χ4n) is 2.30. The maximum Gasteiger partial charge on any atom is 0.163 e. The third kappa shape index (κ3) is 4.75. The lowest BCUT2D eigenvalue weighted by Gasteiger charge is -2.36. The highest BCUT2D eigenvalue weighted by Crippen LogP contribution is 2.24. The number of hydrogen-bond acceptors (Lipinski definition) is 2. The molecule has 1 aromatic carbocycles. The minimum Gasteiger partial charge on any atom is -0.310 e. The second-order valence-electron chi connectivity index (χ2n) is 6.13. The van der Waals surface area contributed by atoms with E-state index in [1.165, 1.54) is 0 Å². The molecule has 1 N–H and O–H groups in total. The number of halogens is 2. The summed E-state index contributed by atoms with van der Waals surface area (Å²) in [5, 5.41) is 3.26. The lowest BCUT2D eigenvalue weighted by atomic mass is 9.97. The molecule has 0 saturated heterocycles. The highest BCUT2D eigenvalue weighted by atomic mass is 19.2. The first-order valence-electron chi connectivity index (χ1n) is 7.72. The quantitative estimate of drug-likeness (QED) is 0.776. The Morgan fingerprint density at radius 1 is 1.24 bits per heavy atom. The molecule has 0 spiro atoms. The van der Waals surface area contributed by atoms with Crippen LogP contribution in [0.2, 0.25) is 0 Å². The van der Waals surface area contributed by atoms with E-state index in [0.29, 0.717) is 5.56 Å². The molecule has 1 rings (SSSR count). The molecule has 0 aromatic heterocycles. The van der Waals surface area contributed by atoms with Gasteiger partial charge in [0.15, 0.2) is 11.6 Å². The van der Waals surface area contributed by atoms with E-state index in [2.05, 4.69) is 38.0 Å². The molecule has 0 fully saturated rings. The predicted octanol–water partition coefficient (Wildman–Crippen LogP) is 4.13. The number of benzene rings is 1. The molecule has 0 saturated carbocycles. The average molecular weight is 298 g/mol. The van der Waals surface area contributed by atoms with E-state index < -0.39 is 11.6 Å². The number of nitrogens with zero attached hydrogens (tertiary/aromatic N) is 1. The minimum absolute atomic E-state index is 0.108. The number of nitrogens with one attached hydrogen (secondary N) is 1. The average Bonchev–Trinajstić information content (AvgIpc) is 2.46. The second-order valence-corrected chi connectivity index (χ2v) is 6.13. The van der Waals surface area contributed by atoms with Crippen molar-refractivity contribution in [3.63, 3.8) is 0 Å². The van der Waals surface area contributed by atoms with Gasteiger partial charge in [-0.3, -0.25) is 0 Å². The van der Waals surface area contributed by atoms with Gasteiger partial charge in [0.2, 0.25) is 0 Å². The molecular formula is C17H28F2N2. The molecule has 120 valence electrons.